The number of rotatable bonds is 6. The standard InChI is InChI=1S/C19H23NO3S2/c1-13-5-7-16(11-15(13)3)24-10-9-19(21)20-18-12-17(25(4,22)23)8-6-14(18)2/h5-8,11-12H,9-10H2,1-4H3,(H,20,21). The molecule has 0 aliphatic rings. The SMILES string of the molecule is Cc1ccc(SCCC(=O)Nc2cc(S(C)(=O)=O)ccc2C)cc1C. The molecule has 2 aromatic rings. The molecule has 0 fully saturated rings. The van der Waals surface area contributed by atoms with Crippen LogP contribution in [-0.4, -0.2) is 26.3 Å². The Morgan fingerprint density at radius 3 is 2.32 bits per heavy atom. The van der Waals surface area contributed by atoms with Crippen molar-refractivity contribution in [3.8, 4) is 0 Å². The fourth-order valence-corrected chi connectivity index (χ4v) is 3.84. The average molecular weight is 378 g/mol. The van der Waals surface area contributed by atoms with Crippen LogP contribution in [0.3, 0.4) is 0 Å². The molecule has 4 nitrogen and oxygen atoms in total. The van der Waals surface area contributed by atoms with Crippen molar-refractivity contribution in [3.05, 3.63) is 53.1 Å². The van der Waals surface area contributed by atoms with Crippen molar-refractivity contribution >= 4 is 33.2 Å². The molecule has 25 heavy (non-hydrogen) atoms. The highest BCUT2D eigenvalue weighted by Gasteiger charge is 2.11. The van der Waals surface area contributed by atoms with Crippen LogP contribution in [0.25, 0.3) is 0 Å². The summed E-state index contributed by atoms with van der Waals surface area (Å²) < 4.78 is 23.3. The summed E-state index contributed by atoms with van der Waals surface area (Å²) in [5.74, 6) is 0.546. The summed E-state index contributed by atoms with van der Waals surface area (Å²) in [6, 6.07) is 11.0. The molecule has 0 bridgehead atoms. The molecule has 0 radical (unpaired) electrons. The Hall–Kier alpha value is -1.79. The van der Waals surface area contributed by atoms with Gasteiger partial charge in [0.05, 0.1) is 4.90 Å². The van der Waals surface area contributed by atoms with Gasteiger partial charge in [-0.05, 0) is 61.7 Å². The first-order valence-electron chi connectivity index (χ1n) is 7.97. The van der Waals surface area contributed by atoms with Crippen molar-refractivity contribution in [2.24, 2.45) is 0 Å². The lowest BCUT2D eigenvalue weighted by atomic mass is 10.1. The number of hydrogen-bond acceptors (Lipinski definition) is 4. The summed E-state index contributed by atoms with van der Waals surface area (Å²) in [4.78, 5) is 13.5. The van der Waals surface area contributed by atoms with Gasteiger partial charge >= 0.3 is 0 Å². The van der Waals surface area contributed by atoms with Gasteiger partial charge in [-0.3, -0.25) is 4.79 Å². The third-order valence-corrected chi connectivity index (χ3v) is 6.09. The molecule has 134 valence electrons. The van der Waals surface area contributed by atoms with Gasteiger partial charge in [0.1, 0.15) is 0 Å². The molecule has 0 heterocycles. The smallest absolute Gasteiger partial charge is 0.225 e. The predicted octanol–water partition coefficient (Wildman–Crippen LogP) is 4.14. The van der Waals surface area contributed by atoms with Gasteiger partial charge in [-0.1, -0.05) is 12.1 Å². The first-order valence-corrected chi connectivity index (χ1v) is 10.8. The Morgan fingerprint density at radius 1 is 1.00 bits per heavy atom. The van der Waals surface area contributed by atoms with E-state index in [1.807, 2.05) is 6.92 Å². The maximum atomic E-state index is 12.2. The Bertz CT molecular complexity index is 890. The summed E-state index contributed by atoms with van der Waals surface area (Å²) in [6.07, 6.45) is 1.52. The summed E-state index contributed by atoms with van der Waals surface area (Å²) in [7, 11) is -3.29. The molecule has 0 unspecified atom stereocenters. The number of aryl methyl sites for hydroxylation is 3. The van der Waals surface area contributed by atoms with Gasteiger partial charge in [0.15, 0.2) is 9.84 Å². The summed E-state index contributed by atoms with van der Waals surface area (Å²) in [6.45, 7) is 5.99. The number of thioether (sulfide) groups is 1. The minimum atomic E-state index is -3.29. The lowest BCUT2D eigenvalue weighted by Crippen LogP contribution is -2.13. The van der Waals surface area contributed by atoms with Crippen LogP contribution in [-0.2, 0) is 14.6 Å². The molecule has 1 amide bonds. The summed E-state index contributed by atoms with van der Waals surface area (Å²) in [5, 5.41) is 2.81. The highest BCUT2D eigenvalue weighted by Crippen LogP contribution is 2.23. The van der Waals surface area contributed by atoms with Gasteiger partial charge in [0, 0.05) is 29.0 Å². The van der Waals surface area contributed by atoms with E-state index in [-0.39, 0.29) is 10.8 Å². The molecule has 0 aliphatic heterocycles. The van der Waals surface area contributed by atoms with Crippen molar-refractivity contribution in [2.75, 3.05) is 17.3 Å². The Morgan fingerprint density at radius 2 is 1.68 bits per heavy atom. The zero-order chi connectivity index (χ0) is 18.6. The maximum Gasteiger partial charge on any atom is 0.225 e. The normalized spacial score (nSPS) is 11.4. The minimum Gasteiger partial charge on any atom is -0.326 e. The number of carbonyl (C=O) groups excluding carboxylic acids is 1. The van der Waals surface area contributed by atoms with E-state index in [0.717, 1.165) is 16.7 Å². The van der Waals surface area contributed by atoms with Crippen LogP contribution in [0.1, 0.15) is 23.1 Å². The van der Waals surface area contributed by atoms with Gasteiger partial charge in [0.2, 0.25) is 5.91 Å². The average Bonchev–Trinajstić information content (AvgIpc) is 2.52. The highest BCUT2D eigenvalue weighted by atomic mass is 32.2. The van der Waals surface area contributed by atoms with Crippen molar-refractivity contribution in [1.29, 1.82) is 0 Å². The lowest BCUT2D eigenvalue weighted by molar-refractivity contribution is -0.115. The molecule has 0 aromatic heterocycles. The fourth-order valence-electron chi connectivity index (χ4n) is 2.24. The molecule has 0 atom stereocenters. The van der Waals surface area contributed by atoms with E-state index in [0.29, 0.717) is 17.9 Å². The van der Waals surface area contributed by atoms with E-state index in [1.54, 1.807) is 23.9 Å². The number of anilines is 1. The largest absolute Gasteiger partial charge is 0.326 e. The van der Waals surface area contributed by atoms with Crippen LogP contribution in [0.4, 0.5) is 5.69 Å². The molecular weight excluding hydrogens is 354 g/mol. The Balaban J connectivity index is 1.95. The van der Waals surface area contributed by atoms with Crippen LogP contribution < -0.4 is 5.32 Å². The third kappa shape index (κ3) is 5.61. The molecule has 0 saturated heterocycles. The Labute approximate surface area is 154 Å². The second-order valence-electron chi connectivity index (χ2n) is 6.14. The van der Waals surface area contributed by atoms with Crippen molar-refractivity contribution in [2.45, 2.75) is 37.0 Å². The zero-order valence-corrected chi connectivity index (χ0v) is 16.6. The lowest BCUT2D eigenvalue weighted by Gasteiger charge is -2.10. The third-order valence-electron chi connectivity index (χ3n) is 3.99. The maximum absolute atomic E-state index is 12.2. The first-order chi connectivity index (χ1) is 11.7. The van der Waals surface area contributed by atoms with Crippen LogP contribution >= 0.6 is 11.8 Å². The van der Waals surface area contributed by atoms with Crippen molar-refractivity contribution in [3.63, 3.8) is 0 Å². The van der Waals surface area contributed by atoms with E-state index in [2.05, 4.69) is 37.4 Å². The van der Waals surface area contributed by atoms with Gasteiger partial charge < -0.3 is 5.32 Å². The topological polar surface area (TPSA) is 63.2 Å². The van der Waals surface area contributed by atoms with E-state index in [9.17, 15) is 13.2 Å². The quantitative estimate of drug-likeness (QED) is 0.769. The second-order valence-corrected chi connectivity index (χ2v) is 9.33. The summed E-state index contributed by atoms with van der Waals surface area (Å²) in [5.41, 5.74) is 3.87. The number of hydrogen-bond donors (Lipinski definition) is 1. The molecule has 0 saturated carbocycles. The number of nitrogens with one attached hydrogen (secondary N) is 1. The van der Waals surface area contributed by atoms with E-state index >= 15 is 0 Å². The van der Waals surface area contributed by atoms with Crippen LogP contribution in [0, 0.1) is 20.8 Å². The molecule has 0 spiro atoms. The van der Waals surface area contributed by atoms with Crippen molar-refractivity contribution in [1.82, 2.24) is 0 Å². The number of benzene rings is 2. The van der Waals surface area contributed by atoms with Gasteiger partial charge in [-0.25, -0.2) is 8.42 Å². The molecule has 2 aromatic carbocycles. The van der Waals surface area contributed by atoms with Crippen LogP contribution in [0.5, 0.6) is 0 Å². The molecular formula is C19H23NO3S2. The molecule has 0 aliphatic carbocycles. The Kier molecular flexibility index (Phi) is 6.30. The van der Waals surface area contributed by atoms with E-state index < -0.39 is 9.84 Å². The predicted molar refractivity (Wildman–Crippen MR) is 104 cm³/mol. The van der Waals surface area contributed by atoms with Crippen LogP contribution in [0.15, 0.2) is 46.2 Å². The van der Waals surface area contributed by atoms with Crippen LogP contribution in [0.2, 0.25) is 0 Å². The monoisotopic (exact) mass is 377 g/mol. The number of amides is 1. The molecule has 1 N–H and O–H groups in total. The van der Waals surface area contributed by atoms with Gasteiger partial charge in [-0.15, -0.1) is 11.8 Å². The van der Waals surface area contributed by atoms with Crippen molar-refractivity contribution < 1.29 is 13.2 Å². The molecule has 2 rings (SSSR count). The zero-order valence-electron chi connectivity index (χ0n) is 14.9. The minimum absolute atomic E-state index is 0.120. The highest BCUT2D eigenvalue weighted by molar-refractivity contribution is 7.99. The van der Waals surface area contributed by atoms with Gasteiger partial charge in [0.25, 0.3) is 0 Å². The fraction of sp³-hybridized carbons (Fsp3) is 0.316. The van der Waals surface area contributed by atoms with E-state index in [1.165, 1.54) is 17.2 Å². The summed E-state index contributed by atoms with van der Waals surface area (Å²) >= 11 is 1.64. The second kappa shape index (κ2) is 8.06. The molecule has 6 heteroatoms. The number of sulfone groups is 1. The number of carbonyl (C=O) groups is 1. The van der Waals surface area contributed by atoms with Gasteiger partial charge in [-0.2, -0.15) is 0 Å². The first kappa shape index (κ1) is 19.5. The van der Waals surface area contributed by atoms with E-state index in [4.69, 9.17) is 0 Å².